The lowest BCUT2D eigenvalue weighted by Gasteiger charge is -2.19. The molecule has 1 atom stereocenters. The van der Waals surface area contributed by atoms with Crippen molar-refractivity contribution < 1.29 is 4.74 Å². The summed E-state index contributed by atoms with van der Waals surface area (Å²) in [4.78, 5) is 2.28. The van der Waals surface area contributed by atoms with E-state index in [0.717, 1.165) is 18.8 Å². The van der Waals surface area contributed by atoms with Crippen LogP contribution in [0.2, 0.25) is 0 Å². The zero-order valence-corrected chi connectivity index (χ0v) is 12.3. The van der Waals surface area contributed by atoms with Crippen LogP contribution in [-0.2, 0) is 6.54 Å². The fourth-order valence-electron chi connectivity index (χ4n) is 1.86. The molecule has 0 heterocycles. The molecule has 1 N–H and O–H groups in total. The lowest BCUT2D eigenvalue weighted by Crippen LogP contribution is -2.18. The van der Waals surface area contributed by atoms with Crippen molar-refractivity contribution in [1.29, 1.82) is 0 Å². The summed E-state index contributed by atoms with van der Waals surface area (Å²) < 4.78 is 5.70. The normalized spacial score (nSPS) is 12.8. The van der Waals surface area contributed by atoms with Crippen LogP contribution in [0.5, 0.6) is 5.75 Å². The zero-order valence-electron chi connectivity index (χ0n) is 12.3. The Balaban J connectivity index is 2.99. The van der Waals surface area contributed by atoms with Crippen LogP contribution in [0.15, 0.2) is 18.2 Å². The van der Waals surface area contributed by atoms with E-state index < -0.39 is 0 Å². The average Bonchev–Trinajstić information content (AvgIpc) is 2.39. The Morgan fingerprint density at radius 2 is 2.06 bits per heavy atom. The zero-order chi connectivity index (χ0) is 13.5. The van der Waals surface area contributed by atoms with Gasteiger partial charge in [0, 0.05) is 18.2 Å². The van der Waals surface area contributed by atoms with Crippen molar-refractivity contribution in [2.75, 3.05) is 27.2 Å². The van der Waals surface area contributed by atoms with Gasteiger partial charge in [-0.2, -0.15) is 0 Å². The largest absolute Gasteiger partial charge is 0.494 e. The molecular formula is C15H26N2O. The minimum Gasteiger partial charge on any atom is -0.494 e. The molecule has 0 bridgehead atoms. The van der Waals surface area contributed by atoms with Crippen LogP contribution in [0.25, 0.3) is 0 Å². The molecule has 0 aliphatic carbocycles. The van der Waals surface area contributed by atoms with Gasteiger partial charge < -0.3 is 15.0 Å². The lowest BCUT2D eigenvalue weighted by molar-refractivity contribution is 0.311. The maximum atomic E-state index is 5.70. The molecule has 0 amide bonds. The van der Waals surface area contributed by atoms with E-state index in [9.17, 15) is 0 Å². The van der Waals surface area contributed by atoms with E-state index in [1.165, 1.54) is 11.1 Å². The highest BCUT2D eigenvalue weighted by atomic mass is 16.5. The van der Waals surface area contributed by atoms with E-state index in [0.29, 0.717) is 12.6 Å². The molecule has 0 saturated carbocycles. The van der Waals surface area contributed by atoms with Crippen LogP contribution in [0.1, 0.15) is 37.9 Å². The van der Waals surface area contributed by atoms with Crippen molar-refractivity contribution >= 4 is 0 Å². The Labute approximate surface area is 111 Å². The lowest BCUT2D eigenvalue weighted by atomic mass is 10.0. The Bertz CT molecular complexity index is 366. The van der Waals surface area contributed by atoms with E-state index >= 15 is 0 Å². The summed E-state index contributed by atoms with van der Waals surface area (Å²) >= 11 is 0. The fourth-order valence-corrected chi connectivity index (χ4v) is 1.86. The molecule has 102 valence electrons. The monoisotopic (exact) mass is 250 g/mol. The second-order valence-electron chi connectivity index (χ2n) is 4.64. The highest BCUT2D eigenvalue weighted by molar-refractivity contribution is 5.38. The van der Waals surface area contributed by atoms with Gasteiger partial charge in [0.15, 0.2) is 0 Å². The van der Waals surface area contributed by atoms with Gasteiger partial charge in [-0.1, -0.05) is 13.0 Å². The first-order valence-electron chi connectivity index (χ1n) is 6.73. The molecule has 1 unspecified atom stereocenters. The van der Waals surface area contributed by atoms with Crippen molar-refractivity contribution in [1.82, 2.24) is 10.2 Å². The van der Waals surface area contributed by atoms with Crippen LogP contribution < -0.4 is 10.1 Å². The Morgan fingerprint density at radius 3 is 2.61 bits per heavy atom. The van der Waals surface area contributed by atoms with E-state index in [-0.39, 0.29) is 0 Å². The molecule has 0 spiro atoms. The first kappa shape index (κ1) is 15.0. The van der Waals surface area contributed by atoms with Crippen LogP contribution in [0.4, 0.5) is 0 Å². The summed E-state index contributed by atoms with van der Waals surface area (Å²) in [6, 6.07) is 6.84. The molecule has 1 rings (SSSR count). The molecule has 0 saturated heterocycles. The molecule has 3 heteroatoms. The van der Waals surface area contributed by atoms with Crippen LogP contribution >= 0.6 is 0 Å². The fraction of sp³-hybridized carbons (Fsp3) is 0.600. The Kier molecular flexibility index (Phi) is 6.16. The highest BCUT2D eigenvalue weighted by Crippen LogP contribution is 2.24. The first-order chi connectivity index (χ1) is 8.62. The summed E-state index contributed by atoms with van der Waals surface area (Å²) in [5.41, 5.74) is 2.57. The third-order valence-electron chi connectivity index (χ3n) is 3.30. The van der Waals surface area contributed by atoms with Gasteiger partial charge >= 0.3 is 0 Å². The third-order valence-corrected chi connectivity index (χ3v) is 3.30. The molecule has 0 aliphatic rings. The van der Waals surface area contributed by atoms with Gasteiger partial charge in [0.25, 0.3) is 0 Å². The summed E-state index contributed by atoms with van der Waals surface area (Å²) in [7, 11) is 4.11. The Hall–Kier alpha value is -1.06. The van der Waals surface area contributed by atoms with Gasteiger partial charge in [-0.25, -0.2) is 0 Å². The molecule has 0 radical (unpaired) electrons. The molecule has 1 aromatic carbocycles. The predicted octanol–water partition coefficient (Wildman–Crippen LogP) is 2.82. The molecule has 3 nitrogen and oxygen atoms in total. The van der Waals surface area contributed by atoms with Gasteiger partial charge in [-0.3, -0.25) is 0 Å². The molecule has 1 aromatic rings. The predicted molar refractivity (Wildman–Crippen MR) is 77.1 cm³/mol. The van der Waals surface area contributed by atoms with Gasteiger partial charge in [-0.15, -0.1) is 0 Å². The van der Waals surface area contributed by atoms with Crippen molar-refractivity contribution in [3.63, 3.8) is 0 Å². The molecule has 0 aromatic heterocycles. The summed E-state index contributed by atoms with van der Waals surface area (Å²) in [5.74, 6) is 1.00. The number of nitrogens with zero attached hydrogens (tertiary/aromatic N) is 1. The van der Waals surface area contributed by atoms with Gasteiger partial charge in [0.1, 0.15) is 5.75 Å². The highest BCUT2D eigenvalue weighted by Gasteiger charge is 2.10. The van der Waals surface area contributed by atoms with E-state index in [4.69, 9.17) is 4.74 Å². The minimum absolute atomic E-state index is 0.367. The maximum Gasteiger partial charge on any atom is 0.123 e. The minimum atomic E-state index is 0.367. The summed E-state index contributed by atoms with van der Waals surface area (Å²) in [6.07, 6.45) is 0. The standard InChI is InChI=1S/C15H26N2O/c1-6-17(5)11-14-10-13(12(3)16-4)8-9-15(14)18-7-2/h8-10,12,16H,6-7,11H2,1-5H3. The second kappa shape index (κ2) is 7.39. The van der Waals surface area contributed by atoms with Crippen LogP contribution in [0, 0.1) is 0 Å². The quantitative estimate of drug-likeness (QED) is 0.805. The van der Waals surface area contributed by atoms with E-state index in [1.807, 2.05) is 14.0 Å². The number of hydrogen-bond acceptors (Lipinski definition) is 3. The van der Waals surface area contributed by atoms with Gasteiger partial charge in [-0.05, 0) is 52.2 Å². The van der Waals surface area contributed by atoms with Gasteiger partial charge in [0.05, 0.1) is 6.61 Å². The van der Waals surface area contributed by atoms with Crippen LogP contribution in [0.3, 0.4) is 0 Å². The number of ether oxygens (including phenoxy) is 1. The number of nitrogens with one attached hydrogen (secondary N) is 1. The number of rotatable bonds is 7. The topological polar surface area (TPSA) is 24.5 Å². The second-order valence-corrected chi connectivity index (χ2v) is 4.64. The smallest absolute Gasteiger partial charge is 0.123 e. The van der Waals surface area contributed by atoms with Crippen molar-refractivity contribution in [2.24, 2.45) is 0 Å². The average molecular weight is 250 g/mol. The van der Waals surface area contributed by atoms with E-state index in [2.05, 4.69) is 49.3 Å². The van der Waals surface area contributed by atoms with Crippen molar-refractivity contribution in [2.45, 2.75) is 33.4 Å². The first-order valence-corrected chi connectivity index (χ1v) is 6.73. The maximum absolute atomic E-state index is 5.70. The van der Waals surface area contributed by atoms with Crippen molar-refractivity contribution in [3.05, 3.63) is 29.3 Å². The van der Waals surface area contributed by atoms with Crippen LogP contribution in [-0.4, -0.2) is 32.1 Å². The summed E-state index contributed by atoms with van der Waals surface area (Å²) in [6.45, 7) is 9.04. The van der Waals surface area contributed by atoms with Crippen molar-refractivity contribution in [3.8, 4) is 5.75 Å². The molecule has 18 heavy (non-hydrogen) atoms. The number of hydrogen-bond donors (Lipinski definition) is 1. The SMILES string of the molecule is CCOc1ccc(C(C)NC)cc1CN(C)CC. The van der Waals surface area contributed by atoms with E-state index in [1.54, 1.807) is 0 Å². The molecular weight excluding hydrogens is 224 g/mol. The molecule has 0 fully saturated rings. The number of benzene rings is 1. The molecule has 0 aliphatic heterocycles. The Morgan fingerprint density at radius 1 is 1.33 bits per heavy atom. The third kappa shape index (κ3) is 4.00. The summed E-state index contributed by atoms with van der Waals surface area (Å²) in [5, 5.41) is 3.27. The van der Waals surface area contributed by atoms with Gasteiger partial charge in [0.2, 0.25) is 0 Å².